The fraction of sp³-hybridized carbons (Fsp3) is 0.303. The lowest BCUT2D eigenvalue weighted by Gasteiger charge is -2.37. The molecule has 2 atom stereocenters. The van der Waals surface area contributed by atoms with Crippen LogP contribution in [0.5, 0.6) is 0 Å². The normalized spacial score (nSPS) is 15.9. The van der Waals surface area contributed by atoms with Crippen LogP contribution in [0.25, 0.3) is 11.1 Å². The Kier molecular flexibility index (Phi) is 9.46. The summed E-state index contributed by atoms with van der Waals surface area (Å²) in [4.78, 5) is 12.1. The molecule has 3 aromatic heterocycles. The van der Waals surface area contributed by atoms with Crippen molar-refractivity contribution in [3.05, 3.63) is 114 Å². The van der Waals surface area contributed by atoms with Crippen molar-refractivity contribution in [2.45, 2.75) is 36.8 Å². The van der Waals surface area contributed by atoms with E-state index in [-0.39, 0.29) is 5.69 Å². The standard InChI is InChI=1S/C33H29F7N8O2/c34-23-4-8-26(27(35)15-23)31(50,19-48-20-43-44-45-48)33(39,40)30-10-3-22(17-42-30)21-1-5-24(6-2-21)46-11-13-47(14-12-46)25-7-9-28(41-18-25)29(49)16-32(36,37)38/h1-10,15,17-18,20,29,49-50H,11-14,16,19H2. The molecule has 50 heavy (non-hydrogen) atoms. The Bertz CT molecular complexity index is 1890. The predicted octanol–water partition coefficient (Wildman–Crippen LogP) is 5.40. The number of hydrogen-bond acceptors (Lipinski definition) is 9. The van der Waals surface area contributed by atoms with Crippen molar-refractivity contribution in [1.82, 2.24) is 30.2 Å². The van der Waals surface area contributed by atoms with Crippen molar-refractivity contribution < 1.29 is 40.9 Å². The quantitative estimate of drug-likeness (QED) is 0.185. The molecule has 6 rings (SSSR count). The zero-order chi connectivity index (χ0) is 35.7. The van der Waals surface area contributed by atoms with Gasteiger partial charge in [0.05, 0.1) is 30.5 Å². The fourth-order valence-corrected chi connectivity index (χ4v) is 5.82. The highest BCUT2D eigenvalue weighted by Crippen LogP contribution is 2.47. The van der Waals surface area contributed by atoms with Gasteiger partial charge >= 0.3 is 12.1 Å². The zero-order valence-corrected chi connectivity index (χ0v) is 26.0. The molecule has 262 valence electrons. The third-order valence-electron chi connectivity index (χ3n) is 8.51. The molecule has 10 nitrogen and oxygen atoms in total. The van der Waals surface area contributed by atoms with Crippen LogP contribution in [-0.4, -0.2) is 72.7 Å². The first kappa shape index (κ1) is 34.7. The van der Waals surface area contributed by atoms with Gasteiger partial charge in [-0.2, -0.15) is 22.0 Å². The van der Waals surface area contributed by atoms with Crippen molar-refractivity contribution in [1.29, 1.82) is 0 Å². The summed E-state index contributed by atoms with van der Waals surface area (Å²) in [5, 5.41) is 31.4. The maximum atomic E-state index is 16.1. The van der Waals surface area contributed by atoms with Gasteiger partial charge in [-0.1, -0.05) is 18.2 Å². The van der Waals surface area contributed by atoms with Gasteiger partial charge in [-0.25, -0.2) is 13.5 Å². The second-order valence-electron chi connectivity index (χ2n) is 11.8. The molecule has 1 aliphatic rings. The second kappa shape index (κ2) is 13.6. The average molecular weight is 703 g/mol. The van der Waals surface area contributed by atoms with E-state index in [0.717, 1.165) is 40.6 Å². The van der Waals surface area contributed by atoms with Crippen LogP contribution in [0, 0.1) is 11.6 Å². The van der Waals surface area contributed by atoms with Crippen LogP contribution in [0.15, 0.2) is 85.5 Å². The summed E-state index contributed by atoms with van der Waals surface area (Å²) in [5.74, 6) is -6.58. The Morgan fingerprint density at radius 3 is 1.98 bits per heavy atom. The lowest BCUT2D eigenvalue weighted by molar-refractivity contribution is -0.207. The van der Waals surface area contributed by atoms with Gasteiger partial charge in [0, 0.05) is 55.3 Å². The van der Waals surface area contributed by atoms with E-state index in [0.29, 0.717) is 43.4 Å². The summed E-state index contributed by atoms with van der Waals surface area (Å²) in [5.41, 5.74) is -2.24. The minimum atomic E-state index is -4.50. The van der Waals surface area contributed by atoms with Crippen LogP contribution in [0.3, 0.4) is 0 Å². The third kappa shape index (κ3) is 7.23. The van der Waals surface area contributed by atoms with E-state index < -0.39 is 59.7 Å². The first-order valence-electron chi connectivity index (χ1n) is 15.3. The highest BCUT2D eigenvalue weighted by molar-refractivity contribution is 5.66. The van der Waals surface area contributed by atoms with Crippen molar-refractivity contribution in [3.63, 3.8) is 0 Å². The van der Waals surface area contributed by atoms with Gasteiger partial charge in [-0.05, 0) is 58.5 Å². The molecular formula is C33H29F7N8O2. The lowest BCUT2D eigenvalue weighted by atomic mass is 9.84. The highest BCUT2D eigenvalue weighted by Gasteiger charge is 2.58. The SMILES string of the molecule is OC(CC(F)(F)F)c1ccc(N2CCN(c3ccc(-c4ccc(C(F)(F)C(O)(Cn5cnnn5)c5ccc(F)cc5F)nc4)cc3)CC2)cn1. The number of halogens is 7. The van der Waals surface area contributed by atoms with Gasteiger partial charge in [0.2, 0.25) is 0 Å². The summed E-state index contributed by atoms with van der Waals surface area (Å²) in [6, 6.07) is 14.7. The molecule has 0 aliphatic carbocycles. The molecule has 1 saturated heterocycles. The number of tetrazole rings is 1. The zero-order valence-electron chi connectivity index (χ0n) is 26.0. The van der Waals surface area contributed by atoms with Crippen LogP contribution >= 0.6 is 0 Å². The van der Waals surface area contributed by atoms with E-state index in [1.165, 1.54) is 24.5 Å². The molecule has 0 bridgehead atoms. The first-order chi connectivity index (χ1) is 23.7. The summed E-state index contributed by atoms with van der Waals surface area (Å²) < 4.78 is 99.2. The molecule has 17 heteroatoms. The number of aromatic nitrogens is 6. The van der Waals surface area contributed by atoms with Gasteiger partial charge in [0.15, 0.2) is 5.60 Å². The number of piperazine rings is 1. The third-order valence-corrected chi connectivity index (χ3v) is 8.51. The number of pyridine rings is 2. The molecule has 1 fully saturated rings. The van der Waals surface area contributed by atoms with Crippen molar-refractivity contribution >= 4 is 11.4 Å². The number of anilines is 2. The maximum absolute atomic E-state index is 16.1. The van der Waals surface area contributed by atoms with E-state index >= 15 is 8.78 Å². The number of alkyl halides is 5. The molecular weight excluding hydrogens is 673 g/mol. The Hall–Kier alpha value is -5.16. The maximum Gasteiger partial charge on any atom is 0.391 e. The van der Waals surface area contributed by atoms with Gasteiger partial charge in [0.25, 0.3) is 0 Å². The summed E-state index contributed by atoms with van der Waals surface area (Å²) in [6.07, 6.45) is -3.98. The lowest BCUT2D eigenvalue weighted by Crippen LogP contribution is -2.48. The molecule has 4 heterocycles. The van der Waals surface area contributed by atoms with E-state index in [9.17, 15) is 32.2 Å². The van der Waals surface area contributed by atoms with E-state index in [2.05, 4.69) is 30.4 Å². The first-order valence-corrected chi connectivity index (χ1v) is 15.3. The van der Waals surface area contributed by atoms with Gasteiger partial charge in [-0.3, -0.25) is 9.97 Å². The van der Waals surface area contributed by atoms with Crippen LogP contribution < -0.4 is 9.80 Å². The molecule has 0 radical (unpaired) electrons. The van der Waals surface area contributed by atoms with E-state index in [1.54, 1.807) is 18.2 Å². The average Bonchev–Trinajstić information content (AvgIpc) is 3.60. The smallest absolute Gasteiger partial charge is 0.386 e. The molecule has 0 spiro atoms. The summed E-state index contributed by atoms with van der Waals surface area (Å²) in [6.45, 7) is 1.51. The second-order valence-corrected chi connectivity index (χ2v) is 11.8. The Labute approximate surface area is 280 Å². The topological polar surface area (TPSA) is 116 Å². The minimum Gasteiger partial charge on any atom is -0.386 e. The van der Waals surface area contributed by atoms with E-state index in [1.807, 2.05) is 17.0 Å². The van der Waals surface area contributed by atoms with E-state index in [4.69, 9.17) is 0 Å². The van der Waals surface area contributed by atoms with Gasteiger partial charge < -0.3 is 20.0 Å². The molecule has 0 amide bonds. The number of benzene rings is 2. The van der Waals surface area contributed by atoms with Crippen LogP contribution in [0.1, 0.15) is 29.5 Å². The monoisotopic (exact) mass is 702 g/mol. The van der Waals surface area contributed by atoms with Crippen LogP contribution in [0.2, 0.25) is 0 Å². The van der Waals surface area contributed by atoms with Gasteiger partial charge in [-0.15, -0.1) is 5.10 Å². The fourth-order valence-electron chi connectivity index (χ4n) is 5.82. The Morgan fingerprint density at radius 2 is 1.42 bits per heavy atom. The summed E-state index contributed by atoms with van der Waals surface area (Å²) in [7, 11) is 0. The molecule has 2 unspecified atom stereocenters. The van der Waals surface area contributed by atoms with Crippen LogP contribution in [-0.2, 0) is 18.1 Å². The Morgan fingerprint density at radius 1 is 0.760 bits per heavy atom. The molecule has 1 aliphatic heterocycles. The summed E-state index contributed by atoms with van der Waals surface area (Å²) >= 11 is 0. The van der Waals surface area contributed by atoms with Crippen molar-refractivity contribution in [2.75, 3.05) is 36.0 Å². The van der Waals surface area contributed by atoms with Crippen molar-refractivity contribution in [2.24, 2.45) is 0 Å². The predicted molar refractivity (Wildman–Crippen MR) is 166 cm³/mol. The molecule has 5 aromatic rings. The number of rotatable bonds is 10. The Balaban J connectivity index is 1.12. The highest BCUT2D eigenvalue weighted by atomic mass is 19.4. The molecule has 2 N–H and O–H groups in total. The minimum absolute atomic E-state index is 0.0498. The van der Waals surface area contributed by atoms with Gasteiger partial charge in [0.1, 0.15) is 29.8 Å². The van der Waals surface area contributed by atoms with Crippen LogP contribution in [0.4, 0.5) is 42.1 Å². The molecule has 2 aromatic carbocycles. The number of aliphatic hydroxyl groups excluding tert-OH is 1. The number of nitrogens with zero attached hydrogens (tertiary/aromatic N) is 8. The molecule has 0 saturated carbocycles. The largest absolute Gasteiger partial charge is 0.391 e. The number of hydrogen-bond donors (Lipinski definition) is 2. The number of aliphatic hydroxyl groups is 2. The van der Waals surface area contributed by atoms with Crippen molar-refractivity contribution in [3.8, 4) is 11.1 Å².